The van der Waals surface area contributed by atoms with E-state index in [1.807, 2.05) is 42.7 Å². The Kier molecular flexibility index (Phi) is 7.88. The van der Waals surface area contributed by atoms with Gasteiger partial charge in [-0.15, -0.1) is 10.2 Å². The average molecular weight is 455 g/mol. The smallest absolute Gasteiger partial charge is 0.234 e. The van der Waals surface area contributed by atoms with Crippen molar-refractivity contribution in [2.45, 2.75) is 38.6 Å². The van der Waals surface area contributed by atoms with Crippen molar-refractivity contribution < 1.29 is 19.1 Å². The molecule has 0 aliphatic carbocycles. The van der Waals surface area contributed by atoms with Crippen LogP contribution in [-0.2, 0) is 11.3 Å². The minimum Gasteiger partial charge on any atom is -0.493 e. The van der Waals surface area contributed by atoms with Crippen LogP contribution in [0.15, 0.2) is 53.7 Å². The van der Waals surface area contributed by atoms with Crippen LogP contribution in [0.3, 0.4) is 0 Å². The number of hydrogen-bond acceptors (Lipinski definition) is 7. The maximum atomic E-state index is 12.4. The van der Waals surface area contributed by atoms with Crippen LogP contribution < -0.4 is 14.8 Å². The predicted octanol–water partition coefficient (Wildman–Crippen LogP) is 4.38. The highest BCUT2D eigenvalue weighted by Gasteiger charge is 2.20. The minimum atomic E-state index is -0.360. The third kappa shape index (κ3) is 5.67. The van der Waals surface area contributed by atoms with Gasteiger partial charge in [-0.1, -0.05) is 23.9 Å². The maximum absolute atomic E-state index is 12.4. The van der Waals surface area contributed by atoms with Crippen LogP contribution in [-0.4, -0.2) is 39.3 Å². The van der Waals surface area contributed by atoms with E-state index in [0.29, 0.717) is 40.3 Å². The van der Waals surface area contributed by atoms with Crippen molar-refractivity contribution in [3.63, 3.8) is 0 Å². The van der Waals surface area contributed by atoms with E-state index in [-0.39, 0.29) is 23.5 Å². The van der Waals surface area contributed by atoms with E-state index in [4.69, 9.17) is 9.47 Å². The molecule has 1 unspecified atom stereocenters. The Morgan fingerprint density at radius 1 is 1.09 bits per heavy atom. The largest absolute Gasteiger partial charge is 0.493 e. The summed E-state index contributed by atoms with van der Waals surface area (Å²) in [5.41, 5.74) is 1.24. The van der Waals surface area contributed by atoms with Gasteiger partial charge in [-0.05, 0) is 57.2 Å². The number of para-hydroxylation sites is 2. The molecule has 0 aliphatic rings. The fraction of sp³-hybridized carbons (Fsp3) is 0.304. The molecule has 0 spiro atoms. The Labute approximate surface area is 191 Å². The summed E-state index contributed by atoms with van der Waals surface area (Å²) in [6.45, 7) is 6.03. The number of thioether (sulfide) groups is 1. The maximum Gasteiger partial charge on any atom is 0.234 e. The number of methoxy groups -OCH3 is 1. The quantitative estimate of drug-likeness (QED) is 0.359. The molecule has 168 valence electrons. The van der Waals surface area contributed by atoms with E-state index in [2.05, 4.69) is 15.5 Å². The van der Waals surface area contributed by atoms with Crippen LogP contribution >= 0.6 is 11.8 Å². The van der Waals surface area contributed by atoms with Crippen LogP contribution in [0.25, 0.3) is 0 Å². The number of amides is 1. The number of aromatic nitrogens is 3. The zero-order valence-electron chi connectivity index (χ0n) is 18.5. The van der Waals surface area contributed by atoms with Gasteiger partial charge < -0.3 is 19.4 Å². The third-order valence-electron chi connectivity index (χ3n) is 4.71. The van der Waals surface area contributed by atoms with E-state index in [1.54, 1.807) is 31.4 Å². The van der Waals surface area contributed by atoms with Crippen LogP contribution in [0.2, 0.25) is 0 Å². The molecule has 8 nitrogen and oxygen atoms in total. The number of rotatable bonds is 10. The summed E-state index contributed by atoms with van der Waals surface area (Å²) < 4.78 is 13.3. The standard InChI is InChI=1S/C23H26N4O4S/c1-5-27-22(16(3)31-20-9-7-6-8-19(20)30-4)25-26-23(27)32-14-21(29)24-18-12-10-17(11-13-18)15(2)28/h6-13,16H,5,14H2,1-4H3,(H,24,29). The van der Waals surface area contributed by atoms with Gasteiger partial charge in [0.2, 0.25) is 5.91 Å². The van der Waals surface area contributed by atoms with Crippen LogP contribution in [0.4, 0.5) is 5.69 Å². The SMILES string of the molecule is CCn1c(SCC(=O)Nc2ccc(C(C)=O)cc2)nnc1C(C)Oc1ccccc1OC. The molecule has 0 saturated carbocycles. The van der Waals surface area contributed by atoms with Crippen molar-refractivity contribution in [1.29, 1.82) is 0 Å². The normalized spacial score (nSPS) is 11.6. The summed E-state index contributed by atoms with van der Waals surface area (Å²) in [6.07, 6.45) is -0.360. The van der Waals surface area contributed by atoms with Crippen molar-refractivity contribution in [2.75, 3.05) is 18.2 Å². The number of hydrogen-bond donors (Lipinski definition) is 1. The first-order valence-corrected chi connectivity index (χ1v) is 11.2. The van der Waals surface area contributed by atoms with Crippen LogP contribution in [0, 0.1) is 0 Å². The van der Waals surface area contributed by atoms with Gasteiger partial charge in [-0.2, -0.15) is 0 Å². The van der Waals surface area contributed by atoms with Crippen molar-refractivity contribution in [3.05, 3.63) is 59.9 Å². The van der Waals surface area contributed by atoms with E-state index in [0.717, 1.165) is 0 Å². The lowest BCUT2D eigenvalue weighted by atomic mass is 10.1. The number of carbonyl (C=O) groups is 2. The predicted molar refractivity (Wildman–Crippen MR) is 124 cm³/mol. The summed E-state index contributed by atoms with van der Waals surface area (Å²) in [4.78, 5) is 23.7. The molecular weight excluding hydrogens is 428 g/mol. The number of ketones is 1. The Morgan fingerprint density at radius 2 is 1.78 bits per heavy atom. The first kappa shape index (κ1) is 23.3. The van der Waals surface area contributed by atoms with Gasteiger partial charge in [0.15, 0.2) is 34.4 Å². The molecule has 1 aromatic heterocycles. The van der Waals surface area contributed by atoms with Crippen molar-refractivity contribution >= 4 is 29.1 Å². The van der Waals surface area contributed by atoms with Gasteiger partial charge in [0.25, 0.3) is 0 Å². The zero-order valence-corrected chi connectivity index (χ0v) is 19.3. The molecule has 3 aromatic rings. The Bertz CT molecular complexity index is 1080. The molecule has 9 heteroatoms. The summed E-state index contributed by atoms with van der Waals surface area (Å²) >= 11 is 1.30. The lowest BCUT2D eigenvalue weighted by Gasteiger charge is -2.17. The summed E-state index contributed by atoms with van der Waals surface area (Å²) in [5.74, 6) is 1.92. The molecule has 32 heavy (non-hydrogen) atoms. The Balaban J connectivity index is 1.62. The number of nitrogens with one attached hydrogen (secondary N) is 1. The molecule has 0 fully saturated rings. The van der Waals surface area contributed by atoms with Crippen LogP contribution in [0.5, 0.6) is 11.5 Å². The second-order valence-corrected chi connectivity index (χ2v) is 7.91. The molecule has 1 heterocycles. The highest BCUT2D eigenvalue weighted by atomic mass is 32.2. The van der Waals surface area contributed by atoms with Crippen molar-refractivity contribution in [1.82, 2.24) is 14.8 Å². The van der Waals surface area contributed by atoms with Gasteiger partial charge in [-0.3, -0.25) is 9.59 Å². The summed E-state index contributed by atoms with van der Waals surface area (Å²) in [5, 5.41) is 12.0. The second-order valence-electron chi connectivity index (χ2n) is 6.97. The molecule has 1 amide bonds. The van der Waals surface area contributed by atoms with E-state index < -0.39 is 0 Å². The second kappa shape index (κ2) is 10.8. The molecule has 0 bridgehead atoms. The minimum absolute atomic E-state index is 0.0166. The number of ether oxygens (including phenoxy) is 2. The molecular formula is C23H26N4O4S. The zero-order chi connectivity index (χ0) is 23.1. The molecule has 0 aliphatic heterocycles. The molecule has 0 saturated heterocycles. The highest BCUT2D eigenvalue weighted by Crippen LogP contribution is 2.31. The number of nitrogens with zero attached hydrogens (tertiary/aromatic N) is 3. The third-order valence-corrected chi connectivity index (χ3v) is 5.67. The summed E-state index contributed by atoms with van der Waals surface area (Å²) in [7, 11) is 1.60. The molecule has 1 atom stereocenters. The number of carbonyl (C=O) groups excluding carboxylic acids is 2. The number of Topliss-reactive ketones (excluding diaryl/α,β-unsaturated/α-hetero) is 1. The fourth-order valence-corrected chi connectivity index (χ4v) is 3.89. The van der Waals surface area contributed by atoms with Gasteiger partial charge in [0, 0.05) is 17.8 Å². The molecule has 3 rings (SSSR count). The fourth-order valence-electron chi connectivity index (χ4n) is 3.08. The van der Waals surface area contributed by atoms with Gasteiger partial charge in [0.1, 0.15) is 0 Å². The van der Waals surface area contributed by atoms with Gasteiger partial charge in [0.05, 0.1) is 12.9 Å². The Hall–Kier alpha value is -3.33. The first-order valence-electron chi connectivity index (χ1n) is 10.2. The van der Waals surface area contributed by atoms with Crippen molar-refractivity contribution in [2.24, 2.45) is 0 Å². The Morgan fingerprint density at radius 3 is 2.41 bits per heavy atom. The number of benzene rings is 2. The van der Waals surface area contributed by atoms with Crippen LogP contribution in [0.1, 0.15) is 43.1 Å². The molecule has 2 aromatic carbocycles. The summed E-state index contributed by atoms with van der Waals surface area (Å²) in [6, 6.07) is 14.2. The van der Waals surface area contributed by atoms with Gasteiger partial charge in [-0.25, -0.2) is 0 Å². The number of anilines is 1. The topological polar surface area (TPSA) is 95.3 Å². The average Bonchev–Trinajstić information content (AvgIpc) is 3.21. The highest BCUT2D eigenvalue weighted by molar-refractivity contribution is 7.99. The lowest BCUT2D eigenvalue weighted by Crippen LogP contribution is -2.15. The van der Waals surface area contributed by atoms with Crippen molar-refractivity contribution in [3.8, 4) is 11.5 Å². The van der Waals surface area contributed by atoms with Gasteiger partial charge >= 0.3 is 0 Å². The van der Waals surface area contributed by atoms with E-state index in [1.165, 1.54) is 18.7 Å². The van der Waals surface area contributed by atoms with E-state index in [9.17, 15) is 9.59 Å². The first-order chi connectivity index (χ1) is 15.4. The van der Waals surface area contributed by atoms with E-state index >= 15 is 0 Å². The molecule has 0 radical (unpaired) electrons. The molecule has 1 N–H and O–H groups in total. The lowest BCUT2D eigenvalue weighted by molar-refractivity contribution is -0.113. The monoisotopic (exact) mass is 454 g/mol.